The molecular formula is C17H25NO2S. The third-order valence-electron chi connectivity index (χ3n) is 4.26. The second kappa shape index (κ2) is 6.93. The largest absolute Gasteiger partial charge is 0.494 e. The van der Waals surface area contributed by atoms with Crippen molar-refractivity contribution >= 4 is 17.4 Å². The van der Waals surface area contributed by atoms with Gasteiger partial charge in [0, 0.05) is 24.1 Å². The van der Waals surface area contributed by atoms with Crippen molar-refractivity contribution in [2.24, 2.45) is 0 Å². The van der Waals surface area contributed by atoms with E-state index in [-0.39, 0.29) is 5.60 Å². The van der Waals surface area contributed by atoms with Gasteiger partial charge in [0.1, 0.15) is 5.75 Å². The fourth-order valence-corrected chi connectivity index (χ4v) is 4.50. The van der Waals surface area contributed by atoms with Crippen LogP contribution in [0.2, 0.25) is 0 Å². The van der Waals surface area contributed by atoms with Crippen LogP contribution in [-0.4, -0.2) is 36.4 Å². The van der Waals surface area contributed by atoms with E-state index in [1.165, 1.54) is 17.9 Å². The first kappa shape index (κ1) is 15.0. The lowest BCUT2D eigenvalue weighted by atomic mass is 9.90. The molecule has 0 saturated carbocycles. The van der Waals surface area contributed by atoms with Crippen molar-refractivity contribution in [1.29, 1.82) is 0 Å². The topological polar surface area (TPSA) is 30.5 Å². The van der Waals surface area contributed by atoms with Crippen LogP contribution in [0, 0.1) is 0 Å². The van der Waals surface area contributed by atoms with Crippen LogP contribution in [-0.2, 0) is 4.74 Å². The van der Waals surface area contributed by atoms with Gasteiger partial charge in [0.25, 0.3) is 0 Å². The first-order valence-corrected chi connectivity index (χ1v) is 9.16. The van der Waals surface area contributed by atoms with E-state index in [9.17, 15) is 0 Å². The molecule has 0 bridgehead atoms. The van der Waals surface area contributed by atoms with Crippen LogP contribution in [0.25, 0.3) is 0 Å². The van der Waals surface area contributed by atoms with Gasteiger partial charge in [-0.2, -0.15) is 11.8 Å². The van der Waals surface area contributed by atoms with Gasteiger partial charge in [0.05, 0.1) is 12.2 Å². The van der Waals surface area contributed by atoms with E-state index in [4.69, 9.17) is 9.47 Å². The van der Waals surface area contributed by atoms with Gasteiger partial charge >= 0.3 is 0 Å². The molecule has 21 heavy (non-hydrogen) atoms. The van der Waals surface area contributed by atoms with Crippen molar-refractivity contribution < 1.29 is 9.47 Å². The molecule has 3 rings (SSSR count). The molecule has 2 fully saturated rings. The zero-order chi connectivity index (χ0) is 14.5. The molecule has 2 atom stereocenters. The van der Waals surface area contributed by atoms with E-state index in [1.807, 2.05) is 11.8 Å². The van der Waals surface area contributed by atoms with Crippen LogP contribution >= 0.6 is 11.8 Å². The van der Waals surface area contributed by atoms with Gasteiger partial charge < -0.3 is 14.8 Å². The number of hydrogen-bond donors (Lipinski definition) is 1. The minimum absolute atomic E-state index is 0.144. The number of benzene rings is 1. The number of rotatable bonds is 5. The third kappa shape index (κ3) is 3.86. The molecule has 1 aromatic carbocycles. The van der Waals surface area contributed by atoms with E-state index < -0.39 is 0 Å². The average Bonchev–Trinajstić information content (AvgIpc) is 2.94. The number of hydrogen-bond acceptors (Lipinski definition) is 4. The van der Waals surface area contributed by atoms with Crippen molar-refractivity contribution in [2.75, 3.05) is 30.0 Å². The maximum absolute atomic E-state index is 6.08. The van der Waals surface area contributed by atoms with Crippen LogP contribution in [0.15, 0.2) is 24.3 Å². The molecule has 2 unspecified atom stereocenters. The summed E-state index contributed by atoms with van der Waals surface area (Å²) in [7, 11) is 0. The van der Waals surface area contributed by atoms with Gasteiger partial charge in [0.2, 0.25) is 0 Å². The molecule has 0 radical (unpaired) electrons. The fourth-order valence-electron chi connectivity index (χ4n) is 3.12. The summed E-state index contributed by atoms with van der Waals surface area (Å²) >= 11 is 2.03. The molecule has 1 spiro atoms. The molecule has 2 aliphatic rings. The minimum Gasteiger partial charge on any atom is -0.494 e. The second-order valence-corrected chi connectivity index (χ2v) is 7.15. The molecule has 116 valence electrons. The van der Waals surface area contributed by atoms with Gasteiger partial charge in [-0.3, -0.25) is 0 Å². The summed E-state index contributed by atoms with van der Waals surface area (Å²) < 4.78 is 11.7. The number of nitrogens with one attached hydrogen (secondary N) is 1. The Morgan fingerprint density at radius 3 is 2.95 bits per heavy atom. The molecule has 2 aliphatic heterocycles. The van der Waals surface area contributed by atoms with Crippen molar-refractivity contribution in [1.82, 2.24) is 0 Å². The predicted molar refractivity (Wildman–Crippen MR) is 89.5 cm³/mol. The summed E-state index contributed by atoms with van der Waals surface area (Å²) in [6.07, 6.45) is 4.48. The van der Waals surface area contributed by atoms with Crippen LogP contribution in [0.4, 0.5) is 5.69 Å². The van der Waals surface area contributed by atoms with E-state index >= 15 is 0 Å². The molecule has 4 heteroatoms. The van der Waals surface area contributed by atoms with E-state index in [1.54, 1.807) is 0 Å². The quantitative estimate of drug-likeness (QED) is 0.892. The first-order valence-electron chi connectivity index (χ1n) is 8.01. The van der Waals surface area contributed by atoms with Crippen molar-refractivity contribution in [3.05, 3.63) is 24.3 Å². The van der Waals surface area contributed by atoms with Crippen LogP contribution in [0.3, 0.4) is 0 Å². The summed E-state index contributed by atoms with van der Waals surface area (Å²) in [6.45, 7) is 3.79. The number of anilines is 1. The Morgan fingerprint density at radius 1 is 1.38 bits per heavy atom. The summed E-state index contributed by atoms with van der Waals surface area (Å²) in [6, 6.07) is 8.88. The normalized spacial score (nSPS) is 28.7. The number of ether oxygens (including phenoxy) is 2. The molecule has 1 N–H and O–H groups in total. The van der Waals surface area contributed by atoms with Crippen LogP contribution < -0.4 is 10.1 Å². The number of thioether (sulfide) groups is 1. The Balaban J connectivity index is 1.55. The summed E-state index contributed by atoms with van der Waals surface area (Å²) in [4.78, 5) is 0. The smallest absolute Gasteiger partial charge is 0.119 e. The monoisotopic (exact) mass is 307 g/mol. The third-order valence-corrected chi connectivity index (χ3v) is 5.48. The molecule has 0 aromatic heterocycles. The van der Waals surface area contributed by atoms with E-state index in [0.29, 0.717) is 6.04 Å². The second-order valence-electron chi connectivity index (χ2n) is 6.04. The summed E-state index contributed by atoms with van der Waals surface area (Å²) in [5, 5.41) is 3.67. The van der Waals surface area contributed by atoms with Crippen molar-refractivity contribution in [2.45, 2.75) is 44.2 Å². The van der Waals surface area contributed by atoms with Crippen molar-refractivity contribution in [3.8, 4) is 5.75 Å². The maximum Gasteiger partial charge on any atom is 0.119 e. The highest BCUT2D eigenvalue weighted by Gasteiger charge is 2.40. The van der Waals surface area contributed by atoms with Crippen LogP contribution in [0.5, 0.6) is 5.75 Å². The van der Waals surface area contributed by atoms with Crippen LogP contribution in [0.1, 0.15) is 32.6 Å². The summed E-state index contributed by atoms with van der Waals surface area (Å²) in [5.41, 5.74) is 1.33. The van der Waals surface area contributed by atoms with Gasteiger partial charge in [0.15, 0.2) is 0 Å². The molecule has 0 amide bonds. The van der Waals surface area contributed by atoms with Crippen molar-refractivity contribution in [3.63, 3.8) is 0 Å². The minimum atomic E-state index is 0.144. The standard InChI is InChI=1S/C17H25NO2S/c1-2-9-19-16-5-3-14(4-6-16)18-15-7-10-20-17(12-15)8-11-21-13-17/h3-6,15,18H,2,7-13H2,1H3. The molecule has 2 saturated heterocycles. The van der Waals surface area contributed by atoms with Gasteiger partial charge in [-0.05, 0) is 55.7 Å². The molecule has 3 nitrogen and oxygen atoms in total. The van der Waals surface area contributed by atoms with E-state index in [0.717, 1.165) is 44.0 Å². The Hall–Kier alpha value is -0.870. The van der Waals surface area contributed by atoms with Gasteiger partial charge in [-0.15, -0.1) is 0 Å². The van der Waals surface area contributed by atoms with E-state index in [2.05, 4.69) is 36.5 Å². The zero-order valence-electron chi connectivity index (χ0n) is 12.8. The fraction of sp³-hybridized carbons (Fsp3) is 0.647. The Labute approximate surface area is 131 Å². The molecule has 1 aromatic rings. The van der Waals surface area contributed by atoms with Gasteiger partial charge in [-0.25, -0.2) is 0 Å². The molecule has 0 aliphatic carbocycles. The van der Waals surface area contributed by atoms with Gasteiger partial charge in [-0.1, -0.05) is 6.92 Å². The Kier molecular flexibility index (Phi) is 4.96. The Morgan fingerprint density at radius 2 is 2.24 bits per heavy atom. The molecular weight excluding hydrogens is 282 g/mol. The predicted octanol–water partition coefficient (Wildman–Crippen LogP) is 3.94. The first-order chi connectivity index (χ1) is 10.3. The molecule has 2 heterocycles. The highest BCUT2D eigenvalue weighted by molar-refractivity contribution is 7.99. The highest BCUT2D eigenvalue weighted by atomic mass is 32.2. The zero-order valence-corrected chi connectivity index (χ0v) is 13.6. The Bertz CT molecular complexity index is 443. The summed E-state index contributed by atoms with van der Waals surface area (Å²) in [5.74, 6) is 3.36. The lowest BCUT2D eigenvalue weighted by Gasteiger charge is -2.38. The average molecular weight is 307 g/mol. The highest BCUT2D eigenvalue weighted by Crippen LogP contribution is 2.39. The lowest BCUT2D eigenvalue weighted by molar-refractivity contribution is -0.0628. The SMILES string of the molecule is CCCOc1ccc(NC2CCOC3(CCSC3)C2)cc1. The lowest BCUT2D eigenvalue weighted by Crippen LogP contribution is -2.44. The maximum atomic E-state index is 6.08.